The number of nitrogens with zero attached hydrogens (tertiary/aromatic N) is 1. The van der Waals surface area contributed by atoms with Crippen molar-refractivity contribution in [1.29, 1.82) is 0 Å². The average molecular weight is 194 g/mol. The summed E-state index contributed by atoms with van der Waals surface area (Å²) in [5, 5.41) is 0. The minimum Gasteiger partial charge on any atom is -0.395 e. The molecule has 2 N–H and O–H groups in total. The van der Waals surface area contributed by atoms with Gasteiger partial charge in [-0.25, -0.2) is 4.39 Å². The topological polar surface area (TPSA) is 29.3 Å². The van der Waals surface area contributed by atoms with E-state index in [4.69, 9.17) is 5.73 Å². The van der Waals surface area contributed by atoms with Crippen LogP contribution in [-0.4, -0.2) is 12.6 Å². The molecule has 0 bridgehead atoms. The number of hydrogen-bond donors (Lipinski definition) is 1. The Kier molecular flexibility index (Phi) is 2.32. The molecule has 1 aliphatic rings. The van der Waals surface area contributed by atoms with Crippen LogP contribution in [0.1, 0.15) is 19.8 Å². The van der Waals surface area contributed by atoms with Crippen LogP contribution in [0.15, 0.2) is 18.2 Å². The van der Waals surface area contributed by atoms with Crippen LogP contribution in [0.5, 0.6) is 0 Å². The van der Waals surface area contributed by atoms with E-state index in [1.165, 1.54) is 6.07 Å². The van der Waals surface area contributed by atoms with Crippen molar-refractivity contribution in [2.45, 2.75) is 25.8 Å². The van der Waals surface area contributed by atoms with Crippen molar-refractivity contribution in [2.24, 2.45) is 0 Å². The Morgan fingerprint density at radius 3 is 2.93 bits per heavy atom. The summed E-state index contributed by atoms with van der Waals surface area (Å²) >= 11 is 0. The average Bonchev–Trinajstić information content (AvgIpc) is 2.57. The van der Waals surface area contributed by atoms with Gasteiger partial charge in [0.05, 0.1) is 11.4 Å². The van der Waals surface area contributed by atoms with E-state index in [2.05, 4.69) is 11.8 Å². The highest BCUT2D eigenvalue weighted by Gasteiger charge is 2.22. The van der Waals surface area contributed by atoms with E-state index < -0.39 is 0 Å². The van der Waals surface area contributed by atoms with Crippen LogP contribution in [0.4, 0.5) is 15.8 Å². The number of rotatable bonds is 1. The Bertz CT molecular complexity index is 338. The smallest absolute Gasteiger partial charge is 0.148 e. The molecule has 0 radical (unpaired) electrons. The maximum absolute atomic E-state index is 13.2. The summed E-state index contributed by atoms with van der Waals surface area (Å²) in [6, 6.07) is 5.48. The van der Waals surface area contributed by atoms with Gasteiger partial charge in [-0.3, -0.25) is 0 Å². The fourth-order valence-corrected chi connectivity index (χ4v) is 2.07. The van der Waals surface area contributed by atoms with E-state index in [0.717, 1.165) is 25.1 Å². The van der Waals surface area contributed by atoms with Crippen molar-refractivity contribution in [2.75, 3.05) is 17.2 Å². The molecule has 1 aliphatic heterocycles. The van der Waals surface area contributed by atoms with Gasteiger partial charge in [-0.2, -0.15) is 0 Å². The molecule has 0 aliphatic carbocycles. The highest BCUT2D eigenvalue weighted by Crippen LogP contribution is 2.31. The fourth-order valence-electron chi connectivity index (χ4n) is 2.07. The fraction of sp³-hybridized carbons (Fsp3) is 0.455. The lowest BCUT2D eigenvalue weighted by Gasteiger charge is -2.25. The summed E-state index contributed by atoms with van der Waals surface area (Å²) in [4.78, 5) is 2.18. The molecule has 76 valence electrons. The third-order valence-electron chi connectivity index (χ3n) is 2.89. The molecular weight excluding hydrogens is 179 g/mol. The maximum Gasteiger partial charge on any atom is 0.148 e. The molecule has 1 unspecified atom stereocenters. The zero-order valence-corrected chi connectivity index (χ0v) is 8.33. The van der Waals surface area contributed by atoms with Gasteiger partial charge < -0.3 is 10.6 Å². The molecule has 0 aromatic heterocycles. The van der Waals surface area contributed by atoms with Crippen molar-refractivity contribution < 1.29 is 4.39 Å². The number of benzene rings is 1. The standard InChI is InChI=1S/C11H15FN2/c1-8-4-3-7-14(8)10-6-2-5-9(12)11(10)13/h2,5-6,8H,3-4,7,13H2,1H3. The van der Waals surface area contributed by atoms with Crippen LogP contribution in [-0.2, 0) is 0 Å². The second kappa shape index (κ2) is 3.48. The van der Waals surface area contributed by atoms with Gasteiger partial charge in [-0.05, 0) is 31.9 Å². The first-order chi connectivity index (χ1) is 6.70. The molecule has 1 atom stereocenters. The number of halogens is 1. The molecule has 2 nitrogen and oxygen atoms in total. The van der Waals surface area contributed by atoms with Crippen molar-refractivity contribution >= 4 is 11.4 Å². The molecule has 1 heterocycles. The van der Waals surface area contributed by atoms with E-state index in [0.29, 0.717) is 6.04 Å². The maximum atomic E-state index is 13.2. The molecular formula is C11H15FN2. The summed E-state index contributed by atoms with van der Waals surface area (Å²) in [6.45, 7) is 3.13. The van der Waals surface area contributed by atoms with Gasteiger partial charge in [0.2, 0.25) is 0 Å². The van der Waals surface area contributed by atoms with E-state index in [1.54, 1.807) is 6.07 Å². The van der Waals surface area contributed by atoms with Gasteiger partial charge in [-0.15, -0.1) is 0 Å². The van der Waals surface area contributed by atoms with Gasteiger partial charge in [-0.1, -0.05) is 6.07 Å². The molecule has 0 spiro atoms. The predicted molar refractivity (Wildman–Crippen MR) is 56.9 cm³/mol. The monoisotopic (exact) mass is 194 g/mol. The summed E-state index contributed by atoms with van der Waals surface area (Å²) in [5.74, 6) is -0.318. The van der Waals surface area contributed by atoms with Crippen LogP contribution < -0.4 is 10.6 Å². The minimum absolute atomic E-state index is 0.279. The third kappa shape index (κ3) is 1.43. The Morgan fingerprint density at radius 2 is 2.29 bits per heavy atom. The molecule has 14 heavy (non-hydrogen) atoms. The number of hydrogen-bond acceptors (Lipinski definition) is 2. The van der Waals surface area contributed by atoms with Crippen LogP contribution in [0.2, 0.25) is 0 Å². The molecule has 1 fully saturated rings. The van der Waals surface area contributed by atoms with Gasteiger partial charge >= 0.3 is 0 Å². The second-order valence-corrected chi connectivity index (χ2v) is 3.86. The second-order valence-electron chi connectivity index (χ2n) is 3.86. The zero-order valence-electron chi connectivity index (χ0n) is 8.33. The predicted octanol–water partition coefficient (Wildman–Crippen LogP) is 2.40. The van der Waals surface area contributed by atoms with E-state index in [9.17, 15) is 4.39 Å². The number of anilines is 2. The van der Waals surface area contributed by atoms with Gasteiger partial charge in [0.1, 0.15) is 5.82 Å². The molecule has 1 aromatic carbocycles. The van der Waals surface area contributed by atoms with Gasteiger partial charge in [0, 0.05) is 12.6 Å². The lowest BCUT2D eigenvalue weighted by Crippen LogP contribution is -2.27. The first-order valence-electron chi connectivity index (χ1n) is 5.01. The lowest BCUT2D eigenvalue weighted by molar-refractivity contribution is 0.630. The van der Waals surface area contributed by atoms with Crippen LogP contribution in [0.3, 0.4) is 0 Å². The Labute approximate surface area is 83.5 Å². The summed E-state index contributed by atoms with van der Waals surface area (Å²) < 4.78 is 13.2. The van der Waals surface area contributed by atoms with Crippen LogP contribution in [0, 0.1) is 5.82 Å². The normalized spacial score (nSPS) is 21.6. The molecule has 0 saturated carbocycles. The quantitative estimate of drug-likeness (QED) is 0.695. The Morgan fingerprint density at radius 1 is 1.50 bits per heavy atom. The first kappa shape index (κ1) is 9.31. The minimum atomic E-state index is -0.318. The first-order valence-corrected chi connectivity index (χ1v) is 5.01. The number of para-hydroxylation sites is 1. The summed E-state index contributed by atoms with van der Waals surface area (Å²) in [7, 11) is 0. The Hall–Kier alpha value is -1.25. The largest absolute Gasteiger partial charge is 0.395 e. The molecule has 0 amide bonds. The number of nitrogens with two attached hydrogens (primary N) is 1. The molecule has 1 aromatic rings. The van der Waals surface area contributed by atoms with Gasteiger partial charge in [0.25, 0.3) is 0 Å². The van der Waals surface area contributed by atoms with Crippen LogP contribution >= 0.6 is 0 Å². The highest BCUT2D eigenvalue weighted by atomic mass is 19.1. The Balaban J connectivity index is 2.36. The van der Waals surface area contributed by atoms with E-state index in [-0.39, 0.29) is 11.5 Å². The summed E-state index contributed by atoms with van der Waals surface area (Å²) in [5.41, 5.74) is 6.83. The third-order valence-corrected chi connectivity index (χ3v) is 2.89. The van der Waals surface area contributed by atoms with Crippen molar-refractivity contribution in [1.82, 2.24) is 0 Å². The van der Waals surface area contributed by atoms with E-state index >= 15 is 0 Å². The lowest BCUT2D eigenvalue weighted by atomic mass is 10.2. The molecule has 2 rings (SSSR count). The van der Waals surface area contributed by atoms with Crippen molar-refractivity contribution in [3.05, 3.63) is 24.0 Å². The highest BCUT2D eigenvalue weighted by molar-refractivity contribution is 5.68. The number of nitrogen functional groups attached to an aromatic ring is 1. The van der Waals surface area contributed by atoms with Crippen molar-refractivity contribution in [3.8, 4) is 0 Å². The van der Waals surface area contributed by atoms with Crippen LogP contribution in [0.25, 0.3) is 0 Å². The van der Waals surface area contributed by atoms with E-state index in [1.807, 2.05) is 6.07 Å². The molecule has 1 saturated heterocycles. The SMILES string of the molecule is CC1CCCN1c1cccc(F)c1N. The molecule has 3 heteroatoms. The summed E-state index contributed by atoms with van der Waals surface area (Å²) in [6.07, 6.45) is 2.33. The van der Waals surface area contributed by atoms with Gasteiger partial charge in [0.15, 0.2) is 0 Å². The van der Waals surface area contributed by atoms with Crippen molar-refractivity contribution in [3.63, 3.8) is 0 Å². The zero-order chi connectivity index (χ0) is 10.1.